The molecule has 0 unspecified atom stereocenters. The van der Waals surface area contributed by atoms with Crippen LogP contribution in [0.2, 0.25) is 0 Å². The molecular formula is C24H27FN4O3. The summed E-state index contributed by atoms with van der Waals surface area (Å²) in [6.45, 7) is 5.24. The average molecular weight is 439 g/mol. The largest absolute Gasteiger partial charge is 0.390 e. The summed E-state index contributed by atoms with van der Waals surface area (Å²) in [6.07, 6.45) is 2.90. The molecule has 0 radical (unpaired) electrons. The van der Waals surface area contributed by atoms with E-state index in [0.717, 1.165) is 30.6 Å². The number of hydrogen-bond acceptors (Lipinski definition) is 5. The molecule has 0 aliphatic carbocycles. The number of amidine groups is 1. The van der Waals surface area contributed by atoms with Gasteiger partial charge < -0.3 is 10.0 Å². The number of amides is 2. The van der Waals surface area contributed by atoms with Gasteiger partial charge in [-0.25, -0.2) is 9.18 Å². The molecule has 2 aromatic rings. The van der Waals surface area contributed by atoms with Crippen LogP contribution in [0.4, 0.5) is 9.18 Å². The Kier molecular flexibility index (Phi) is 6.06. The van der Waals surface area contributed by atoms with Gasteiger partial charge in [0.25, 0.3) is 0 Å². The number of fused-ring (bicyclic) bond motifs is 1. The minimum absolute atomic E-state index is 0.0703. The summed E-state index contributed by atoms with van der Waals surface area (Å²) in [7, 11) is 0. The number of likely N-dealkylation sites (tertiary alicyclic amines) is 1. The topological polar surface area (TPSA) is 94.9 Å². The molecule has 0 bridgehead atoms. The Labute approximate surface area is 186 Å². The summed E-state index contributed by atoms with van der Waals surface area (Å²) < 4.78 is 13.3. The van der Waals surface area contributed by atoms with Gasteiger partial charge in [0.05, 0.1) is 12.1 Å². The van der Waals surface area contributed by atoms with Gasteiger partial charge >= 0.3 is 6.03 Å². The number of rotatable bonds is 6. The summed E-state index contributed by atoms with van der Waals surface area (Å²) in [5.74, 6) is -0.379. The number of aliphatic imine (C=N–C) groups is 1. The quantitative estimate of drug-likeness (QED) is 0.725. The predicted octanol–water partition coefficient (Wildman–Crippen LogP) is 2.95. The third-order valence-corrected chi connectivity index (χ3v) is 6.01. The highest BCUT2D eigenvalue weighted by Gasteiger charge is 2.31. The van der Waals surface area contributed by atoms with Crippen molar-refractivity contribution in [2.75, 3.05) is 13.1 Å². The van der Waals surface area contributed by atoms with Gasteiger partial charge in [0.15, 0.2) is 0 Å². The molecule has 8 heteroatoms. The summed E-state index contributed by atoms with van der Waals surface area (Å²) >= 11 is 0. The summed E-state index contributed by atoms with van der Waals surface area (Å²) in [5, 5.41) is 13.4. The van der Waals surface area contributed by atoms with Gasteiger partial charge in [-0.05, 0) is 49.6 Å². The SMILES string of the molecule is CC(C)(O)[C@@H](CC(=O)Cc1cc2c(cn1)C(NC(=O)N1CCC1)=NC2)c1ccc(F)cc1. The molecule has 1 saturated heterocycles. The molecule has 1 aromatic carbocycles. The fourth-order valence-corrected chi connectivity index (χ4v) is 4.02. The van der Waals surface area contributed by atoms with Gasteiger partial charge in [-0.15, -0.1) is 0 Å². The van der Waals surface area contributed by atoms with Crippen LogP contribution in [0.3, 0.4) is 0 Å². The third-order valence-electron chi connectivity index (χ3n) is 6.01. The van der Waals surface area contributed by atoms with Gasteiger partial charge in [-0.1, -0.05) is 12.1 Å². The van der Waals surface area contributed by atoms with Crippen molar-refractivity contribution in [1.29, 1.82) is 0 Å². The van der Waals surface area contributed by atoms with E-state index in [-0.39, 0.29) is 30.5 Å². The number of ketones is 1. The molecule has 7 nitrogen and oxygen atoms in total. The van der Waals surface area contributed by atoms with E-state index in [0.29, 0.717) is 23.6 Å². The van der Waals surface area contributed by atoms with Crippen LogP contribution in [0.1, 0.15) is 55.0 Å². The standard InChI is InChI=1S/C24H27FN4O3/c1-24(2,32)21(15-4-6-17(25)7-5-15)12-19(30)11-18-10-16-13-27-22(20(16)14-26-18)28-23(31)29-8-3-9-29/h4-7,10,14,21,32H,3,8-9,11-13H2,1-2H3,(H,27,28,31)/t21-/m0/s1. The van der Waals surface area contributed by atoms with Crippen LogP contribution < -0.4 is 5.32 Å². The van der Waals surface area contributed by atoms with Crippen LogP contribution in [0.5, 0.6) is 0 Å². The number of nitrogens with one attached hydrogen (secondary N) is 1. The number of carbonyl (C=O) groups is 2. The lowest BCUT2D eigenvalue weighted by molar-refractivity contribution is -0.120. The van der Waals surface area contributed by atoms with Crippen molar-refractivity contribution in [2.45, 2.75) is 51.2 Å². The molecule has 1 atom stereocenters. The second kappa shape index (κ2) is 8.78. The summed E-state index contributed by atoms with van der Waals surface area (Å²) in [4.78, 5) is 35.5. The predicted molar refractivity (Wildman–Crippen MR) is 118 cm³/mol. The second-order valence-electron chi connectivity index (χ2n) is 8.95. The number of aliphatic hydroxyl groups is 1. The van der Waals surface area contributed by atoms with Gasteiger partial charge in [-0.3, -0.25) is 20.1 Å². The molecule has 4 rings (SSSR count). The molecule has 2 N–H and O–H groups in total. The highest BCUT2D eigenvalue weighted by molar-refractivity contribution is 6.09. The monoisotopic (exact) mass is 438 g/mol. The summed E-state index contributed by atoms with van der Waals surface area (Å²) in [6, 6.07) is 7.56. The van der Waals surface area contributed by atoms with E-state index in [1.54, 1.807) is 37.1 Å². The van der Waals surface area contributed by atoms with Crippen molar-refractivity contribution in [3.8, 4) is 0 Å². The van der Waals surface area contributed by atoms with E-state index in [4.69, 9.17) is 0 Å². The van der Waals surface area contributed by atoms with Crippen LogP contribution in [-0.2, 0) is 17.8 Å². The number of carbonyl (C=O) groups excluding carboxylic acids is 2. The molecule has 1 aromatic heterocycles. The van der Waals surface area contributed by atoms with Gasteiger partial charge in [0.2, 0.25) is 0 Å². The molecule has 32 heavy (non-hydrogen) atoms. The highest BCUT2D eigenvalue weighted by atomic mass is 19.1. The molecule has 2 aliphatic rings. The maximum atomic E-state index is 13.3. The van der Waals surface area contributed by atoms with Crippen molar-refractivity contribution in [3.05, 3.63) is 64.7 Å². The lowest BCUT2D eigenvalue weighted by Crippen LogP contribution is -2.49. The average Bonchev–Trinajstić information content (AvgIpc) is 3.06. The zero-order valence-electron chi connectivity index (χ0n) is 18.3. The Hall–Kier alpha value is -3.13. The number of urea groups is 1. The molecular weight excluding hydrogens is 411 g/mol. The Morgan fingerprint density at radius 2 is 1.97 bits per heavy atom. The van der Waals surface area contributed by atoms with Crippen LogP contribution >= 0.6 is 0 Å². The van der Waals surface area contributed by atoms with Crippen molar-refractivity contribution in [2.24, 2.45) is 4.99 Å². The number of aromatic nitrogens is 1. The Morgan fingerprint density at radius 3 is 2.59 bits per heavy atom. The number of halogens is 1. The first-order valence-electron chi connectivity index (χ1n) is 10.8. The molecule has 3 heterocycles. The van der Waals surface area contributed by atoms with Crippen molar-refractivity contribution in [3.63, 3.8) is 0 Å². The fourth-order valence-electron chi connectivity index (χ4n) is 4.02. The first-order valence-corrected chi connectivity index (χ1v) is 10.8. The molecule has 2 amide bonds. The third kappa shape index (κ3) is 4.85. The zero-order valence-corrected chi connectivity index (χ0v) is 18.3. The molecule has 0 saturated carbocycles. The van der Waals surface area contributed by atoms with Crippen LogP contribution in [0.25, 0.3) is 0 Å². The van der Waals surface area contributed by atoms with E-state index >= 15 is 0 Å². The van der Waals surface area contributed by atoms with Crippen LogP contribution in [-0.4, -0.2) is 51.3 Å². The van der Waals surface area contributed by atoms with E-state index in [2.05, 4.69) is 15.3 Å². The smallest absolute Gasteiger partial charge is 0.323 e. The van der Waals surface area contributed by atoms with E-state index < -0.39 is 11.5 Å². The second-order valence-corrected chi connectivity index (χ2v) is 8.95. The molecule has 2 aliphatic heterocycles. The normalized spacial score (nSPS) is 16.1. The Balaban J connectivity index is 1.41. The Morgan fingerprint density at radius 1 is 1.25 bits per heavy atom. The van der Waals surface area contributed by atoms with Crippen LogP contribution in [0, 0.1) is 5.82 Å². The number of hydrogen-bond donors (Lipinski definition) is 2. The lowest BCUT2D eigenvalue weighted by Gasteiger charge is -2.30. The first-order chi connectivity index (χ1) is 15.2. The van der Waals surface area contributed by atoms with Crippen LogP contribution in [0.15, 0.2) is 41.5 Å². The number of Topliss-reactive ketones (excluding diaryl/α,β-unsaturated/α-hetero) is 1. The number of benzene rings is 1. The molecule has 168 valence electrons. The van der Waals surface area contributed by atoms with Gasteiger partial charge in [-0.2, -0.15) is 0 Å². The summed E-state index contributed by atoms with van der Waals surface area (Å²) in [5.41, 5.74) is 1.88. The van der Waals surface area contributed by atoms with Crippen molar-refractivity contribution >= 4 is 17.6 Å². The zero-order chi connectivity index (χ0) is 22.9. The lowest BCUT2D eigenvalue weighted by atomic mass is 9.80. The van der Waals surface area contributed by atoms with Crippen molar-refractivity contribution in [1.82, 2.24) is 15.2 Å². The minimum atomic E-state index is -1.14. The maximum absolute atomic E-state index is 13.3. The maximum Gasteiger partial charge on any atom is 0.323 e. The van der Waals surface area contributed by atoms with Gasteiger partial charge in [0.1, 0.15) is 17.4 Å². The van der Waals surface area contributed by atoms with Gasteiger partial charge in [0, 0.05) is 49.3 Å². The van der Waals surface area contributed by atoms with Crippen molar-refractivity contribution < 1.29 is 19.1 Å². The molecule has 0 spiro atoms. The molecule has 1 fully saturated rings. The fraction of sp³-hybridized carbons (Fsp3) is 0.417. The number of nitrogens with zero attached hydrogens (tertiary/aromatic N) is 3. The van der Waals surface area contributed by atoms with E-state index in [1.165, 1.54) is 12.1 Å². The van der Waals surface area contributed by atoms with E-state index in [1.807, 2.05) is 6.07 Å². The number of pyridine rings is 1. The minimum Gasteiger partial charge on any atom is -0.390 e. The van der Waals surface area contributed by atoms with E-state index in [9.17, 15) is 19.1 Å². The first kappa shape index (κ1) is 22.1. The highest BCUT2D eigenvalue weighted by Crippen LogP contribution is 2.32. The Bertz CT molecular complexity index is 1060.